The van der Waals surface area contributed by atoms with Gasteiger partial charge in [-0.1, -0.05) is 42.3 Å². The lowest BCUT2D eigenvalue weighted by molar-refractivity contribution is 0.104. The SMILES string of the molecule is CN(C)c1cc(NCCN2CCCCCC2)c2c3c(onc13)-c1ccccc1C2=O. The minimum atomic E-state index is 0.0360. The van der Waals surface area contributed by atoms with Crippen LogP contribution >= 0.6 is 0 Å². The fourth-order valence-electron chi connectivity index (χ4n) is 4.73. The standard InChI is InChI=1S/C24H28N4O2/c1-27(2)19-15-18(25-11-14-28-12-7-3-4-8-13-28)20-21-22(19)26-30-24(21)17-10-6-5-9-16(17)23(20)29/h5-6,9-10,15,25H,3-4,7-8,11-14H2,1-2H3. The molecule has 2 aliphatic rings. The minimum Gasteiger partial charge on any atom is -0.383 e. The summed E-state index contributed by atoms with van der Waals surface area (Å²) in [6, 6.07) is 9.68. The zero-order valence-electron chi connectivity index (χ0n) is 17.7. The normalized spacial score (nSPS) is 16.4. The molecule has 5 rings (SSSR count). The summed E-state index contributed by atoms with van der Waals surface area (Å²) in [6.07, 6.45) is 5.23. The van der Waals surface area contributed by atoms with Crippen molar-refractivity contribution in [2.45, 2.75) is 25.7 Å². The molecule has 0 bridgehead atoms. The molecule has 3 aromatic rings. The summed E-state index contributed by atoms with van der Waals surface area (Å²) in [6.45, 7) is 4.12. The van der Waals surface area contributed by atoms with Crippen LogP contribution in [0.5, 0.6) is 0 Å². The predicted molar refractivity (Wildman–Crippen MR) is 121 cm³/mol. The Kier molecular flexibility index (Phi) is 4.95. The van der Waals surface area contributed by atoms with Gasteiger partial charge in [0.1, 0.15) is 5.52 Å². The first kappa shape index (κ1) is 19.1. The highest BCUT2D eigenvalue weighted by atomic mass is 16.5. The van der Waals surface area contributed by atoms with Gasteiger partial charge in [0.15, 0.2) is 11.5 Å². The average Bonchev–Trinajstić information content (AvgIpc) is 3.02. The van der Waals surface area contributed by atoms with E-state index in [2.05, 4.69) is 15.4 Å². The molecule has 6 nitrogen and oxygen atoms in total. The monoisotopic (exact) mass is 404 g/mol. The van der Waals surface area contributed by atoms with E-state index in [1.807, 2.05) is 49.3 Å². The number of carbonyl (C=O) groups is 1. The van der Waals surface area contributed by atoms with Crippen LogP contribution in [0.4, 0.5) is 11.4 Å². The number of aromatic nitrogens is 1. The Morgan fingerprint density at radius 3 is 2.57 bits per heavy atom. The molecule has 1 saturated heterocycles. The summed E-state index contributed by atoms with van der Waals surface area (Å²) in [5, 5.41) is 8.74. The quantitative estimate of drug-likeness (QED) is 0.532. The van der Waals surface area contributed by atoms with E-state index in [4.69, 9.17) is 4.52 Å². The largest absolute Gasteiger partial charge is 0.383 e. The van der Waals surface area contributed by atoms with Crippen molar-refractivity contribution in [2.75, 3.05) is 50.5 Å². The van der Waals surface area contributed by atoms with Crippen LogP contribution in [0.1, 0.15) is 41.6 Å². The maximum Gasteiger partial charge on any atom is 0.196 e. The molecule has 2 aromatic carbocycles. The first-order valence-corrected chi connectivity index (χ1v) is 10.9. The zero-order chi connectivity index (χ0) is 20.7. The number of nitrogens with one attached hydrogen (secondary N) is 1. The van der Waals surface area contributed by atoms with E-state index >= 15 is 0 Å². The molecule has 0 radical (unpaired) electrons. The van der Waals surface area contributed by atoms with Gasteiger partial charge in [0.2, 0.25) is 0 Å². The van der Waals surface area contributed by atoms with Gasteiger partial charge in [-0.05, 0) is 32.0 Å². The number of fused-ring (bicyclic) bond motifs is 2. The highest BCUT2D eigenvalue weighted by Gasteiger charge is 2.32. The number of benzene rings is 2. The number of carbonyl (C=O) groups excluding carboxylic acids is 1. The van der Waals surface area contributed by atoms with Crippen molar-refractivity contribution in [2.24, 2.45) is 0 Å². The second-order valence-electron chi connectivity index (χ2n) is 8.51. The molecule has 2 heterocycles. The number of nitrogens with zero attached hydrogens (tertiary/aromatic N) is 3. The third kappa shape index (κ3) is 3.16. The average molecular weight is 405 g/mol. The van der Waals surface area contributed by atoms with Crippen LogP contribution in [0.15, 0.2) is 34.9 Å². The Labute approximate surface area is 176 Å². The third-order valence-electron chi connectivity index (χ3n) is 6.30. The molecule has 1 aromatic heterocycles. The summed E-state index contributed by atoms with van der Waals surface area (Å²) < 4.78 is 5.77. The highest BCUT2D eigenvalue weighted by molar-refractivity contribution is 6.28. The fourth-order valence-corrected chi connectivity index (χ4v) is 4.73. The molecule has 0 atom stereocenters. The Hall–Kier alpha value is -2.86. The molecule has 0 unspecified atom stereocenters. The lowest BCUT2D eigenvalue weighted by Gasteiger charge is -2.23. The van der Waals surface area contributed by atoms with Gasteiger partial charge in [0.25, 0.3) is 0 Å². The van der Waals surface area contributed by atoms with Crippen molar-refractivity contribution in [3.05, 3.63) is 41.5 Å². The second kappa shape index (κ2) is 7.76. The van der Waals surface area contributed by atoms with E-state index in [1.165, 1.54) is 38.8 Å². The van der Waals surface area contributed by atoms with Crippen LogP contribution in [-0.4, -0.2) is 56.1 Å². The maximum atomic E-state index is 13.5. The van der Waals surface area contributed by atoms with Crippen molar-refractivity contribution in [1.82, 2.24) is 10.1 Å². The van der Waals surface area contributed by atoms with Crippen LogP contribution in [0, 0.1) is 0 Å². The molecule has 1 fully saturated rings. The first-order valence-electron chi connectivity index (χ1n) is 10.9. The van der Waals surface area contributed by atoms with Gasteiger partial charge < -0.3 is 19.6 Å². The van der Waals surface area contributed by atoms with E-state index in [-0.39, 0.29) is 5.78 Å². The lowest BCUT2D eigenvalue weighted by Crippen LogP contribution is -2.30. The van der Waals surface area contributed by atoms with Gasteiger partial charge in [0, 0.05) is 44.0 Å². The van der Waals surface area contributed by atoms with Crippen LogP contribution in [0.2, 0.25) is 0 Å². The van der Waals surface area contributed by atoms with Gasteiger partial charge in [-0.15, -0.1) is 0 Å². The number of ketones is 1. The van der Waals surface area contributed by atoms with Gasteiger partial charge >= 0.3 is 0 Å². The van der Waals surface area contributed by atoms with Crippen molar-refractivity contribution >= 4 is 28.1 Å². The molecule has 30 heavy (non-hydrogen) atoms. The van der Waals surface area contributed by atoms with E-state index in [1.54, 1.807) is 0 Å². The van der Waals surface area contributed by atoms with Crippen LogP contribution in [0.3, 0.4) is 0 Å². The molecular weight excluding hydrogens is 376 g/mol. The summed E-state index contributed by atoms with van der Waals surface area (Å²) in [7, 11) is 3.98. The first-order chi connectivity index (χ1) is 14.6. The van der Waals surface area contributed by atoms with Gasteiger partial charge in [-0.25, -0.2) is 0 Å². The van der Waals surface area contributed by atoms with Gasteiger partial charge in [-0.3, -0.25) is 4.79 Å². The van der Waals surface area contributed by atoms with E-state index in [9.17, 15) is 4.79 Å². The minimum absolute atomic E-state index is 0.0360. The Morgan fingerprint density at radius 1 is 1.10 bits per heavy atom. The molecular formula is C24H28N4O2. The van der Waals surface area contributed by atoms with E-state index < -0.39 is 0 Å². The Balaban J connectivity index is 1.54. The summed E-state index contributed by atoms with van der Waals surface area (Å²) in [5.74, 6) is 0.725. The van der Waals surface area contributed by atoms with Crippen molar-refractivity contribution in [1.29, 1.82) is 0 Å². The summed E-state index contributed by atoms with van der Waals surface area (Å²) in [5.41, 5.74) is 4.74. The van der Waals surface area contributed by atoms with Gasteiger partial charge in [-0.2, -0.15) is 0 Å². The van der Waals surface area contributed by atoms with Crippen molar-refractivity contribution < 1.29 is 9.32 Å². The topological polar surface area (TPSA) is 61.6 Å². The Bertz CT molecular complexity index is 1090. The molecule has 6 heteroatoms. The molecule has 0 spiro atoms. The Morgan fingerprint density at radius 2 is 1.83 bits per heavy atom. The zero-order valence-corrected chi connectivity index (χ0v) is 17.7. The van der Waals surface area contributed by atoms with Crippen LogP contribution in [-0.2, 0) is 0 Å². The number of rotatable bonds is 5. The summed E-state index contributed by atoms with van der Waals surface area (Å²) in [4.78, 5) is 18.0. The number of likely N-dealkylation sites (tertiary alicyclic amines) is 1. The lowest BCUT2D eigenvalue weighted by atomic mass is 9.86. The smallest absolute Gasteiger partial charge is 0.196 e. The maximum absolute atomic E-state index is 13.5. The number of anilines is 2. The molecule has 0 amide bonds. The molecule has 1 aliphatic heterocycles. The fraction of sp³-hybridized carbons (Fsp3) is 0.417. The predicted octanol–water partition coefficient (Wildman–Crippen LogP) is 4.39. The molecule has 1 N–H and O–H groups in total. The van der Waals surface area contributed by atoms with E-state index in [0.29, 0.717) is 16.9 Å². The summed E-state index contributed by atoms with van der Waals surface area (Å²) >= 11 is 0. The van der Waals surface area contributed by atoms with E-state index in [0.717, 1.165) is 40.9 Å². The number of hydrogen-bond acceptors (Lipinski definition) is 6. The second-order valence-corrected chi connectivity index (χ2v) is 8.51. The van der Waals surface area contributed by atoms with Crippen molar-refractivity contribution in [3.63, 3.8) is 0 Å². The third-order valence-corrected chi connectivity index (χ3v) is 6.30. The molecule has 156 valence electrons. The van der Waals surface area contributed by atoms with Crippen LogP contribution in [0.25, 0.3) is 22.2 Å². The molecule has 0 saturated carbocycles. The number of hydrogen-bond donors (Lipinski definition) is 1. The highest BCUT2D eigenvalue weighted by Crippen LogP contribution is 2.45. The molecule has 1 aliphatic carbocycles. The van der Waals surface area contributed by atoms with Gasteiger partial charge in [0.05, 0.1) is 16.6 Å². The van der Waals surface area contributed by atoms with Crippen LogP contribution < -0.4 is 10.2 Å². The van der Waals surface area contributed by atoms with Crippen molar-refractivity contribution in [3.8, 4) is 11.3 Å².